The van der Waals surface area contributed by atoms with E-state index in [2.05, 4.69) is 42.7 Å². The lowest BCUT2D eigenvalue weighted by Crippen LogP contribution is -2.48. The quantitative estimate of drug-likeness (QED) is 0.574. The summed E-state index contributed by atoms with van der Waals surface area (Å²) in [6, 6.07) is 11.1. The largest absolute Gasteiger partial charge is 0.385 e. The average Bonchev–Trinajstić information content (AvgIpc) is 3.20. The van der Waals surface area contributed by atoms with Crippen LogP contribution >= 0.6 is 0 Å². The van der Waals surface area contributed by atoms with E-state index in [1.165, 1.54) is 18.4 Å². The molecule has 3 heteroatoms. The zero-order valence-corrected chi connectivity index (χ0v) is 11.4. The molecule has 100 valence electrons. The molecule has 1 aromatic rings. The number of methoxy groups -OCH3 is 1. The third-order valence-corrected chi connectivity index (χ3v) is 4.26. The molecular formula is C15H24N2O. The van der Waals surface area contributed by atoms with Gasteiger partial charge in [0.15, 0.2) is 0 Å². The zero-order chi connectivity index (χ0) is 13.0. The molecule has 2 atom stereocenters. The molecule has 1 aliphatic rings. The van der Waals surface area contributed by atoms with Crippen molar-refractivity contribution in [2.45, 2.75) is 37.6 Å². The Bertz CT molecular complexity index is 362. The molecule has 0 heterocycles. The highest BCUT2D eigenvalue weighted by Gasteiger charge is 2.51. The minimum absolute atomic E-state index is 0.239. The first-order chi connectivity index (χ1) is 8.74. The normalized spacial score (nSPS) is 20.4. The second kappa shape index (κ2) is 5.83. The molecule has 1 aliphatic carbocycles. The van der Waals surface area contributed by atoms with Gasteiger partial charge in [-0.15, -0.1) is 0 Å². The van der Waals surface area contributed by atoms with Crippen LogP contribution in [0.4, 0.5) is 0 Å². The fourth-order valence-electron chi connectivity index (χ4n) is 3.02. The number of ether oxygens (including phenoxy) is 1. The van der Waals surface area contributed by atoms with Crippen molar-refractivity contribution in [3.63, 3.8) is 0 Å². The van der Waals surface area contributed by atoms with Crippen molar-refractivity contribution in [2.75, 3.05) is 13.7 Å². The first-order valence-corrected chi connectivity index (χ1v) is 6.75. The van der Waals surface area contributed by atoms with Gasteiger partial charge in [-0.25, -0.2) is 0 Å². The number of nitrogens with two attached hydrogens (primary N) is 1. The molecule has 2 unspecified atom stereocenters. The van der Waals surface area contributed by atoms with Gasteiger partial charge in [0, 0.05) is 25.2 Å². The van der Waals surface area contributed by atoms with Crippen LogP contribution in [0.2, 0.25) is 0 Å². The highest BCUT2D eigenvalue weighted by Crippen LogP contribution is 2.52. The number of hydrazine groups is 1. The Morgan fingerprint density at radius 1 is 1.33 bits per heavy atom. The first kappa shape index (κ1) is 13.5. The number of hydrogen-bond acceptors (Lipinski definition) is 3. The van der Waals surface area contributed by atoms with Crippen LogP contribution < -0.4 is 11.3 Å². The van der Waals surface area contributed by atoms with Gasteiger partial charge in [-0.2, -0.15) is 0 Å². The summed E-state index contributed by atoms with van der Waals surface area (Å²) >= 11 is 0. The van der Waals surface area contributed by atoms with Crippen molar-refractivity contribution in [1.82, 2.24) is 5.43 Å². The lowest BCUT2D eigenvalue weighted by molar-refractivity contribution is 0.163. The molecule has 0 radical (unpaired) electrons. The maximum atomic E-state index is 5.82. The predicted molar refractivity (Wildman–Crippen MR) is 74.1 cm³/mol. The van der Waals surface area contributed by atoms with Crippen LogP contribution in [-0.4, -0.2) is 19.8 Å². The maximum absolute atomic E-state index is 5.82. The van der Waals surface area contributed by atoms with Crippen molar-refractivity contribution in [3.8, 4) is 0 Å². The number of rotatable bonds is 7. The van der Waals surface area contributed by atoms with Crippen LogP contribution in [0.25, 0.3) is 0 Å². The summed E-state index contributed by atoms with van der Waals surface area (Å²) in [6.07, 6.45) is 3.49. The van der Waals surface area contributed by atoms with E-state index in [4.69, 9.17) is 10.6 Å². The zero-order valence-electron chi connectivity index (χ0n) is 11.4. The maximum Gasteiger partial charge on any atom is 0.0465 e. The van der Waals surface area contributed by atoms with E-state index in [1.807, 2.05) is 0 Å². The molecular weight excluding hydrogens is 224 g/mol. The molecule has 0 spiro atoms. The van der Waals surface area contributed by atoms with Crippen LogP contribution in [0.15, 0.2) is 30.3 Å². The smallest absolute Gasteiger partial charge is 0.0465 e. The van der Waals surface area contributed by atoms with Crippen molar-refractivity contribution < 1.29 is 4.74 Å². The molecule has 0 bridgehead atoms. The molecule has 1 saturated carbocycles. The van der Waals surface area contributed by atoms with Crippen molar-refractivity contribution in [2.24, 2.45) is 11.8 Å². The SMILES string of the molecule is COCCC(C)C(NN)C1(c2ccccc2)CC1. The number of hydrogen-bond donors (Lipinski definition) is 2. The Morgan fingerprint density at radius 2 is 2.00 bits per heavy atom. The van der Waals surface area contributed by atoms with Gasteiger partial charge in [0.1, 0.15) is 0 Å². The molecule has 3 N–H and O–H groups in total. The van der Waals surface area contributed by atoms with Gasteiger partial charge >= 0.3 is 0 Å². The third kappa shape index (κ3) is 2.58. The molecule has 0 saturated heterocycles. The van der Waals surface area contributed by atoms with Crippen LogP contribution in [0, 0.1) is 5.92 Å². The van der Waals surface area contributed by atoms with E-state index in [0.717, 1.165) is 13.0 Å². The lowest BCUT2D eigenvalue weighted by Gasteiger charge is -2.32. The van der Waals surface area contributed by atoms with Crippen LogP contribution in [0.1, 0.15) is 31.7 Å². The van der Waals surface area contributed by atoms with Gasteiger partial charge in [0.25, 0.3) is 0 Å². The highest BCUT2D eigenvalue weighted by molar-refractivity contribution is 5.34. The van der Waals surface area contributed by atoms with Gasteiger partial charge in [-0.1, -0.05) is 37.3 Å². The van der Waals surface area contributed by atoms with Gasteiger partial charge in [0.2, 0.25) is 0 Å². The monoisotopic (exact) mass is 248 g/mol. The van der Waals surface area contributed by atoms with Crippen molar-refractivity contribution in [3.05, 3.63) is 35.9 Å². The summed E-state index contributed by atoms with van der Waals surface area (Å²) in [5.41, 5.74) is 4.71. The number of benzene rings is 1. The fraction of sp³-hybridized carbons (Fsp3) is 0.600. The Balaban J connectivity index is 2.12. The highest BCUT2D eigenvalue weighted by atomic mass is 16.5. The molecule has 2 rings (SSSR count). The van der Waals surface area contributed by atoms with Gasteiger partial charge in [-0.3, -0.25) is 11.3 Å². The number of nitrogens with one attached hydrogen (secondary N) is 1. The summed E-state index contributed by atoms with van der Waals surface area (Å²) in [7, 11) is 1.75. The van der Waals surface area contributed by atoms with Gasteiger partial charge in [0.05, 0.1) is 0 Å². The summed E-state index contributed by atoms with van der Waals surface area (Å²) in [5.74, 6) is 6.33. The van der Waals surface area contributed by atoms with Gasteiger partial charge < -0.3 is 4.74 Å². The molecule has 1 fully saturated rings. The summed E-state index contributed by atoms with van der Waals surface area (Å²) in [5, 5.41) is 0. The van der Waals surface area contributed by atoms with E-state index in [1.54, 1.807) is 7.11 Å². The van der Waals surface area contributed by atoms with Crippen molar-refractivity contribution in [1.29, 1.82) is 0 Å². The van der Waals surface area contributed by atoms with E-state index < -0.39 is 0 Å². The fourth-order valence-corrected chi connectivity index (χ4v) is 3.02. The average molecular weight is 248 g/mol. The second-order valence-corrected chi connectivity index (χ2v) is 5.43. The van der Waals surface area contributed by atoms with E-state index in [0.29, 0.717) is 12.0 Å². The Morgan fingerprint density at radius 3 is 2.50 bits per heavy atom. The van der Waals surface area contributed by atoms with Crippen LogP contribution in [0.5, 0.6) is 0 Å². The minimum atomic E-state index is 0.239. The molecule has 3 nitrogen and oxygen atoms in total. The standard InChI is InChI=1S/C15H24N2O/c1-12(8-11-18-2)14(17-16)15(9-10-15)13-6-4-3-5-7-13/h3-7,12,14,17H,8-11,16H2,1-2H3. The summed E-state index contributed by atoms with van der Waals surface area (Å²) < 4.78 is 5.18. The Labute approximate surface area is 110 Å². The second-order valence-electron chi connectivity index (χ2n) is 5.43. The van der Waals surface area contributed by atoms with E-state index in [9.17, 15) is 0 Å². The van der Waals surface area contributed by atoms with E-state index in [-0.39, 0.29) is 5.41 Å². The molecule has 18 heavy (non-hydrogen) atoms. The third-order valence-electron chi connectivity index (χ3n) is 4.26. The summed E-state index contributed by atoms with van der Waals surface area (Å²) in [4.78, 5) is 0. The first-order valence-electron chi connectivity index (χ1n) is 6.75. The predicted octanol–water partition coefficient (Wildman–Crippen LogP) is 2.22. The van der Waals surface area contributed by atoms with E-state index >= 15 is 0 Å². The molecule has 1 aromatic carbocycles. The Hall–Kier alpha value is -0.900. The van der Waals surface area contributed by atoms with Crippen LogP contribution in [-0.2, 0) is 10.2 Å². The Kier molecular flexibility index (Phi) is 4.38. The van der Waals surface area contributed by atoms with Gasteiger partial charge in [-0.05, 0) is 30.7 Å². The molecule has 0 amide bonds. The molecule has 0 aliphatic heterocycles. The lowest BCUT2D eigenvalue weighted by atomic mass is 9.80. The topological polar surface area (TPSA) is 47.3 Å². The van der Waals surface area contributed by atoms with Crippen LogP contribution in [0.3, 0.4) is 0 Å². The summed E-state index contributed by atoms with van der Waals surface area (Å²) in [6.45, 7) is 3.05. The molecule has 0 aromatic heterocycles. The minimum Gasteiger partial charge on any atom is -0.385 e. The van der Waals surface area contributed by atoms with Crippen molar-refractivity contribution >= 4 is 0 Å².